The predicted molar refractivity (Wildman–Crippen MR) is 36.2 cm³/mol. The van der Waals surface area contributed by atoms with Crippen LogP contribution in [0.25, 0.3) is 0 Å². The van der Waals surface area contributed by atoms with Gasteiger partial charge in [0.05, 0.1) is 19.3 Å². The number of nitrogens with one attached hydrogen (secondary N) is 1. The van der Waals surface area contributed by atoms with Gasteiger partial charge >= 0.3 is 0 Å². The highest BCUT2D eigenvalue weighted by atomic mass is 16.7. The molecule has 0 aromatic carbocycles. The summed E-state index contributed by atoms with van der Waals surface area (Å²) in [5.74, 6) is -0.441. The lowest BCUT2D eigenvalue weighted by atomic mass is 10.5. The van der Waals surface area contributed by atoms with Crippen molar-refractivity contribution in [2.45, 2.75) is 6.42 Å². The van der Waals surface area contributed by atoms with E-state index >= 15 is 0 Å². The first-order valence-electron chi connectivity index (χ1n) is 3.07. The molecular weight excluding hydrogens is 148 g/mol. The molecule has 0 saturated carbocycles. The number of methoxy groups -OCH3 is 1. The predicted octanol–water partition coefficient (Wildman–Crippen LogP) is -0.406. The molecule has 0 unspecified atom stereocenters. The second kappa shape index (κ2) is 6.99. The highest BCUT2D eigenvalue weighted by molar-refractivity contribution is 5.76. The number of ether oxygens (including phenoxy) is 1. The van der Waals surface area contributed by atoms with Crippen LogP contribution in [0, 0.1) is 11.3 Å². The minimum atomic E-state index is -0.441. The molecule has 11 heavy (non-hydrogen) atoms. The van der Waals surface area contributed by atoms with Crippen molar-refractivity contribution in [3.63, 3.8) is 0 Å². The van der Waals surface area contributed by atoms with E-state index in [-0.39, 0.29) is 13.0 Å². The van der Waals surface area contributed by atoms with Crippen LogP contribution in [0.1, 0.15) is 6.42 Å². The Bertz CT molecular complexity index is 152. The fourth-order valence-corrected chi connectivity index (χ4v) is 0.364. The van der Waals surface area contributed by atoms with Crippen LogP contribution in [-0.2, 0) is 14.4 Å². The van der Waals surface area contributed by atoms with E-state index in [0.717, 1.165) is 0 Å². The Labute approximate surface area is 64.8 Å². The molecule has 0 aliphatic rings. The molecular formula is C6H10N2O3. The third-order valence-corrected chi connectivity index (χ3v) is 0.815. The standard InChI is InChI=1S/C6H10N2O3/c1-10-4-5-11-8-6(9)2-3-7/h2,4-5H2,1H3,(H,8,9). The average molecular weight is 158 g/mol. The van der Waals surface area contributed by atoms with E-state index < -0.39 is 5.91 Å². The summed E-state index contributed by atoms with van der Waals surface area (Å²) in [5, 5.41) is 8.05. The summed E-state index contributed by atoms with van der Waals surface area (Å²) in [7, 11) is 1.53. The smallest absolute Gasteiger partial charge is 0.257 e. The van der Waals surface area contributed by atoms with Crippen molar-refractivity contribution in [3.8, 4) is 6.07 Å². The van der Waals surface area contributed by atoms with Crippen LogP contribution >= 0.6 is 0 Å². The monoisotopic (exact) mass is 158 g/mol. The average Bonchev–Trinajstić information content (AvgIpc) is 1.99. The first-order valence-corrected chi connectivity index (χ1v) is 3.07. The van der Waals surface area contributed by atoms with Crippen LogP contribution in [-0.4, -0.2) is 26.2 Å². The molecule has 1 N–H and O–H groups in total. The van der Waals surface area contributed by atoms with Gasteiger partial charge in [-0.05, 0) is 0 Å². The van der Waals surface area contributed by atoms with Gasteiger partial charge in [-0.25, -0.2) is 5.48 Å². The quantitative estimate of drug-likeness (QED) is 0.436. The summed E-state index contributed by atoms with van der Waals surface area (Å²) >= 11 is 0. The van der Waals surface area contributed by atoms with Gasteiger partial charge in [0.1, 0.15) is 6.42 Å². The maximum atomic E-state index is 10.5. The molecule has 0 bridgehead atoms. The Balaban J connectivity index is 3.12. The summed E-state index contributed by atoms with van der Waals surface area (Å²) in [6.07, 6.45) is -0.188. The number of rotatable bonds is 5. The second-order valence-electron chi connectivity index (χ2n) is 1.70. The van der Waals surface area contributed by atoms with Crippen molar-refractivity contribution in [1.82, 2.24) is 5.48 Å². The molecule has 0 aliphatic heterocycles. The number of amides is 1. The number of hydrogen-bond donors (Lipinski definition) is 1. The van der Waals surface area contributed by atoms with E-state index in [1.165, 1.54) is 7.11 Å². The number of carbonyl (C=O) groups excluding carboxylic acids is 1. The molecule has 0 atom stereocenters. The van der Waals surface area contributed by atoms with Gasteiger partial charge in [-0.1, -0.05) is 0 Å². The summed E-state index contributed by atoms with van der Waals surface area (Å²) in [6, 6.07) is 1.69. The normalized spacial score (nSPS) is 8.73. The fourth-order valence-electron chi connectivity index (χ4n) is 0.364. The number of nitriles is 1. The van der Waals surface area contributed by atoms with Gasteiger partial charge in [-0.2, -0.15) is 5.26 Å². The maximum absolute atomic E-state index is 10.5. The number of hydroxylamine groups is 1. The Morgan fingerprint density at radius 1 is 1.64 bits per heavy atom. The SMILES string of the molecule is COCCONC(=O)CC#N. The van der Waals surface area contributed by atoms with Crippen LogP contribution in [0.3, 0.4) is 0 Å². The van der Waals surface area contributed by atoms with Gasteiger partial charge in [-0.15, -0.1) is 0 Å². The van der Waals surface area contributed by atoms with Gasteiger partial charge in [0.2, 0.25) is 0 Å². The van der Waals surface area contributed by atoms with E-state index in [9.17, 15) is 4.79 Å². The van der Waals surface area contributed by atoms with Crippen LogP contribution in [0.4, 0.5) is 0 Å². The highest BCUT2D eigenvalue weighted by Gasteiger charge is 1.97. The van der Waals surface area contributed by atoms with Crippen molar-refractivity contribution < 1.29 is 14.4 Å². The summed E-state index contributed by atoms with van der Waals surface area (Å²) < 4.78 is 4.64. The summed E-state index contributed by atoms with van der Waals surface area (Å²) in [6.45, 7) is 0.695. The number of hydrogen-bond acceptors (Lipinski definition) is 4. The zero-order valence-corrected chi connectivity index (χ0v) is 6.29. The van der Waals surface area contributed by atoms with Crippen molar-refractivity contribution in [1.29, 1.82) is 5.26 Å². The molecule has 5 heteroatoms. The van der Waals surface area contributed by atoms with Gasteiger partial charge < -0.3 is 4.74 Å². The van der Waals surface area contributed by atoms with E-state index in [2.05, 4.69) is 15.1 Å². The molecule has 0 saturated heterocycles. The van der Waals surface area contributed by atoms with Gasteiger partial charge in [-0.3, -0.25) is 9.63 Å². The lowest BCUT2D eigenvalue weighted by molar-refractivity contribution is -0.133. The van der Waals surface area contributed by atoms with E-state index in [1.54, 1.807) is 6.07 Å². The molecule has 0 aromatic heterocycles. The van der Waals surface area contributed by atoms with Gasteiger partial charge in [0.15, 0.2) is 0 Å². The molecule has 62 valence electrons. The minimum absolute atomic E-state index is 0.188. The van der Waals surface area contributed by atoms with E-state index in [1.807, 2.05) is 0 Å². The zero-order chi connectivity index (χ0) is 8.53. The number of nitrogens with zero attached hydrogens (tertiary/aromatic N) is 1. The Morgan fingerprint density at radius 3 is 2.91 bits per heavy atom. The first kappa shape index (κ1) is 9.88. The molecule has 0 rings (SSSR count). The topological polar surface area (TPSA) is 71.3 Å². The third-order valence-electron chi connectivity index (χ3n) is 0.815. The Kier molecular flexibility index (Phi) is 6.28. The zero-order valence-electron chi connectivity index (χ0n) is 6.29. The van der Waals surface area contributed by atoms with Crippen molar-refractivity contribution in [2.75, 3.05) is 20.3 Å². The molecule has 0 heterocycles. The molecule has 0 aliphatic carbocycles. The molecule has 1 amide bonds. The molecule has 5 nitrogen and oxygen atoms in total. The van der Waals surface area contributed by atoms with Crippen LogP contribution < -0.4 is 5.48 Å². The highest BCUT2D eigenvalue weighted by Crippen LogP contribution is 1.76. The molecule has 0 fully saturated rings. The van der Waals surface area contributed by atoms with E-state index in [0.29, 0.717) is 6.61 Å². The second-order valence-corrected chi connectivity index (χ2v) is 1.70. The largest absolute Gasteiger partial charge is 0.382 e. The maximum Gasteiger partial charge on any atom is 0.257 e. The van der Waals surface area contributed by atoms with Crippen LogP contribution in [0.2, 0.25) is 0 Å². The Morgan fingerprint density at radius 2 is 2.36 bits per heavy atom. The lowest BCUT2D eigenvalue weighted by Crippen LogP contribution is -2.24. The van der Waals surface area contributed by atoms with Gasteiger partial charge in [0.25, 0.3) is 5.91 Å². The van der Waals surface area contributed by atoms with Crippen molar-refractivity contribution >= 4 is 5.91 Å². The Hall–Kier alpha value is -1.12. The summed E-state index contributed by atoms with van der Waals surface area (Å²) in [4.78, 5) is 15.1. The first-order chi connectivity index (χ1) is 5.31. The fraction of sp³-hybridized carbons (Fsp3) is 0.667. The lowest BCUT2D eigenvalue weighted by Gasteiger charge is -2.01. The van der Waals surface area contributed by atoms with Gasteiger partial charge in [0, 0.05) is 7.11 Å². The third kappa shape index (κ3) is 6.77. The summed E-state index contributed by atoms with van der Waals surface area (Å²) in [5.41, 5.74) is 2.08. The van der Waals surface area contributed by atoms with Crippen molar-refractivity contribution in [3.05, 3.63) is 0 Å². The van der Waals surface area contributed by atoms with Crippen LogP contribution in [0.5, 0.6) is 0 Å². The van der Waals surface area contributed by atoms with E-state index in [4.69, 9.17) is 5.26 Å². The molecule has 0 radical (unpaired) electrons. The molecule has 0 aromatic rings. The van der Waals surface area contributed by atoms with Crippen molar-refractivity contribution in [2.24, 2.45) is 0 Å². The minimum Gasteiger partial charge on any atom is -0.382 e. The van der Waals surface area contributed by atoms with Crippen LogP contribution in [0.15, 0.2) is 0 Å². The number of carbonyl (C=O) groups is 1. The molecule has 0 spiro atoms.